The monoisotopic (exact) mass is 380 g/mol. The summed E-state index contributed by atoms with van der Waals surface area (Å²) in [5.74, 6) is 1.04. The minimum Gasteiger partial charge on any atom is -0.494 e. The molecule has 4 rings (SSSR count). The Hall–Kier alpha value is -2.62. The van der Waals surface area contributed by atoms with E-state index in [0.717, 1.165) is 11.8 Å². The van der Waals surface area contributed by atoms with E-state index < -0.39 is 12.7 Å². The highest BCUT2D eigenvalue weighted by Gasteiger charge is 2.34. The van der Waals surface area contributed by atoms with E-state index in [2.05, 4.69) is 15.1 Å². The van der Waals surface area contributed by atoms with Gasteiger partial charge in [0.25, 0.3) is 0 Å². The van der Waals surface area contributed by atoms with E-state index in [1.54, 1.807) is 13.2 Å². The van der Waals surface area contributed by atoms with Gasteiger partial charge in [-0.1, -0.05) is 6.07 Å². The van der Waals surface area contributed by atoms with E-state index in [9.17, 15) is 13.2 Å². The number of hydrogen-bond acceptors (Lipinski definition) is 6. The number of alkyl halides is 3. The predicted molar refractivity (Wildman–Crippen MR) is 93.7 cm³/mol. The summed E-state index contributed by atoms with van der Waals surface area (Å²) in [6, 6.07) is 5.44. The highest BCUT2D eigenvalue weighted by atomic mass is 19.4. The van der Waals surface area contributed by atoms with Crippen LogP contribution in [0.25, 0.3) is 16.6 Å². The number of likely N-dealkylation sites (tertiary alicyclic amines) is 1. The molecule has 3 heterocycles. The second-order valence-electron chi connectivity index (χ2n) is 6.72. The first-order chi connectivity index (χ1) is 12.9. The summed E-state index contributed by atoms with van der Waals surface area (Å²) in [6.45, 7) is -0.223. The molecule has 7 nitrogen and oxygen atoms in total. The molecule has 2 N–H and O–H groups in total. The van der Waals surface area contributed by atoms with Crippen molar-refractivity contribution in [2.75, 3.05) is 32.5 Å². The van der Waals surface area contributed by atoms with Crippen molar-refractivity contribution in [3.05, 3.63) is 24.0 Å². The maximum absolute atomic E-state index is 12.7. The van der Waals surface area contributed by atoms with Gasteiger partial charge in [-0.25, -0.2) is 9.97 Å². The first-order valence-corrected chi connectivity index (χ1v) is 8.63. The Morgan fingerprint density at radius 3 is 2.85 bits per heavy atom. The highest BCUT2D eigenvalue weighted by molar-refractivity contribution is 5.95. The summed E-state index contributed by atoms with van der Waals surface area (Å²) in [5, 5.41) is 5.17. The number of halogens is 3. The molecule has 1 fully saturated rings. The van der Waals surface area contributed by atoms with Crippen molar-refractivity contribution in [2.45, 2.75) is 24.9 Å². The van der Waals surface area contributed by atoms with Crippen LogP contribution in [-0.4, -0.2) is 57.4 Å². The number of ether oxygens (including phenoxy) is 1. The van der Waals surface area contributed by atoms with Crippen LogP contribution >= 0.6 is 0 Å². The first-order valence-electron chi connectivity index (χ1n) is 8.63. The predicted octanol–water partition coefficient (Wildman–Crippen LogP) is 2.61. The van der Waals surface area contributed by atoms with Crippen molar-refractivity contribution in [2.24, 2.45) is 0 Å². The number of para-hydroxylation sites is 1. The summed E-state index contributed by atoms with van der Waals surface area (Å²) in [6.07, 6.45) is -2.81. The summed E-state index contributed by atoms with van der Waals surface area (Å²) < 4.78 is 44.9. The zero-order valence-corrected chi connectivity index (χ0v) is 14.7. The number of methoxy groups -OCH3 is 1. The van der Waals surface area contributed by atoms with Gasteiger partial charge in [-0.15, -0.1) is 5.10 Å². The Kier molecular flexibility index (Phi) is 4.29. The fourth-order valence-corrected chi connectivity index (χ4v) is 3.64. The van der Waals surface area contributed by atoms with Gasteiger partial charge < -0.3 is 10.5 Å². The number of fused-ring (bicyclic) bond motifs is 3. The zero-order valence-electron chi connectivity index (χ0n) is 14.7. The highest BCUT2D eigenvalue weighted by Crippen LogP contribution is 2.31. The molecule has 0 saturated carbocycles. The van der Waals surface area contributed by atoms with Crippen LogP contribution in [0.1, 0.15) is 24.6 Å². The van der Waals surface area contributed by atoms with Crippen LogP contribution in [0.4, 0.5) is 19.1 Å². The third-order valence-corrected chi connectivity index (χ3v) is 4.80. The van der Waals surface area contributed by atoms with Crippen molar-refractivity contribution >= 4 is 22.5 Å². The normalized spacial score (nSPS) is 19.0. The second-order valence-corrected chi connectivity index (χ2v) is 6.72. The van der Waals surface area contributed by atoms with Crippen molar-refractivity contribution in [3.63, 3.8) is 0 Å². The van der Waals surface area contributed by atoms with E-state index in [0.29, 0.717) is 35.7 Å². The molecule has 1 aromatic carbocycles. The molecule has 0 spiro atoms. The van der Waals surface area contributed by atoms with E-state index in [4.69, 9.17) is 10.5 Å². The lowest BCUT2D eigenvalue weighted by atomic mass is 9.97. The lowest BCUT2D eigenvalue weighted by Crippen LogP contribution is -2.40. The number of anilines is 1. The van der Waals surface area contributed by atoms with E-state index in [1.165, 1.54) is 9.42 Å². The second kappa shape index (κ2) is 6.52. The fraction of sp³-hybridized carbons (Fsp3) is 0.471. The SMILES string of the molecule is COc1cccc2c1nc(N)n1nc(C3CCCN(CC(F)(F)F)C3)nc21. The minimum atomic E-state index is -4.21. The Bertz CT molecular complexity index is 986. The van der Waals surface area contributed by atoms with Gasteiger partial charge in [-0.2, -0.15) is 17.7 Å². The van der Waals surface area contributed by atoms with Crippen LogP contribution in [-0.2, 0) is 0 Å². The van der Waals surface area contributed by atoms with Crippen LogP contribution in [0.5, 0.6) is 5.75 Å². The topological polar surface area (TPSA) is 81.6 Å². The number of nitrogen functional groups attached to an aromatic ring is 1. The number of hydrogen-bond donors (Lipinski definition) is 1. The summed E-state index contributed by atoms with van der Waals surface area (Å²) in [5.41, 5.74) is 7.14. The average molecular weight is 380 g/mol. The molecule has 2 aromatic heterocycles. The van der Waals surface area contributed by atoms with E-state index >= 15 is 0 Å². The molecule has 144 valence electrons. The van der Waals surface area contributed by atoms with Gasteiger partial charge in [0.05, 0.1) is 13.7 Å². The van der Waals surface area contributed by atoms with Gasteiger partial charge in [0.2, 0.25) is 5.95 Å². The summed E-state index contributed by atoms with van der Waals surface area (Å²) in [7, 11) is 1.54. The maximum atomic E-state index is 12.7. The number of piperidine rings is 1. The molecule has 0 amide bonds. The number of rotatable bonds is 3. The Morgan fingerprint density at radius 1 is 1.30 bits per heavy atom. The van der Waals surface area contributed by atoms with Gasteiger partial charge >= 0.3 is 6.18 Å². The lowest BCUT2D eigenvalue weighted by molar-refractivity contribution is -0.148. The summed E-state index contributed by atoms with van der Waals surface area (Å²) >= 11 is 0. The van der Waals surface area contributed by atoms with Crippen molar-refractivity contribution < 1.29 is 17.9 Å². The Balaban J connectivity index is 1.73. The molecule has 1 atom stereocenters. The van der Waals surface area contributed by atoms with E-state index in [-0.39, 0.29) is 18.4 Å². The molecule has 1 aliphatic heterocycles. The van der Waals surface area contributed by atoms with Crippen LogP contribution in [0.2, 0.25) is 0 Å². The molecule has 1 unspecified atom stereocenters. The number of nitrogens with zero attached hydrogens (tertiary/aromatic N) is 5. The van der Waals surface area contributed by atoms with Crippen molar-refractivity contribution in [1.29, 1.82) is 0 Å². The van der Waals surface area contributed by atoms with Gasteiger partial charge in [0.15, 0.2) is 11.5 Å². The Labute approximate surface area is 152 Å². The van der Waals surface area contributed by atoms with Crippen LogP contribution in [0, 0.1) is 0 Å². The molecular weight excluding hydrogens is 361 g/mol. The lowest BCUT2D eigenvalue weighted by Gasteiger charge is -2.31. The molecule has 1 aliphatic rings. The molecular formula is C17H19F3N6O. The molecule has 1 saturated heterocycles. The third kappa shape index (κ3) is 3.36. The smallest absolute Gasteiger partial charge is 0.401 e. The average Bonchev–Trinajstić information content (AvgIpc) is 3.06. The number of nitrogens with two attached hydrogens (primary N) is 1. The number of aromatic nitrogens is 4. The number of benzene rings is 1. The molecule has 0 radical (unpaired) electrons. The standard InChI is InChI=1S/C17H19F3N6O/c1-27-12-6-2-5-11-13(12)22-16(21)26-15(11)23-14(24-26)10-4-3-7-25(8-10)9-17(18,19)20/h2,5-6,10H,3-4,7-9H2,1H3,(H2,21,22). The van der Waals surface area contributed by atoms with Crippen LogP contribution < -0.4 is 10.5 Å². The zero-order chi connectivity index (χ0) is 19.2. The van der Waals surface area contributed by atoms with Gasteiger partial charge in [-0.3, -0.25) is 4.90 Å². The van der Waals surface area contributed by atoms with E-state index in [1.807, 2.05) is 12.1 Å². The molecule has 27 heavy (non-hydrogen) atoms. The van der Waals surface area contributed by atoms with Crippen molar-refractivity contribution in [3.8, 4) is 5.75 Å². The summed E-state index contributed by atoms with van der Waals surface area (Å²) in [4.78, 5) is 10.4. The van der Waals surface area contributed by atoms with Gasteiger partial charge in [-0.05, 0) is 31.5 Å². The van der Waals surface area contributed by atoms with Gasteiger partial charge in [0.1, 0.15) is 11.3 Å². The molecule has 3 aromatic rings. The van der Waals surface area contributed by atoms with Crippen LogP contribution in [0.3, 0.4) is 0 Å². The van der Waals surface area contributed by atoms with Crippen molar-refractivity contribution in [1.82, 2.24) is 24.5 Å². The van der Waals surface area contributed by atoms with Crippen LogP contribution in [0.15, 0.2) is 18.2 Å². The fourth-order valence-electron chi connectivity index (χ4n) is 3.64. The van der Waals surface area contributed by atoms with Gasteiger partial charge in [0, 0.05) is 17.8 Å². The first kappa shape index (κ1) is 17.8. The largest absolute Gasteiger partial charge is 0.494 e. The molecule has 0 aliphatic carbocycles. The maximum Gasteiger partial charge on any atom is 0.401 e. The Morgan fingerprint density at radius 2 is 2.11 bits per heavy atom. The third-order valence-electron chi connectivity index (χ3n) is 4.80. The molecule has 0 bridgehead atoms. The minimum absolute atomic E-state index is 0.156. The quantitative estimate of drug-likeness (QED) is 0.752. The molecule has 10 heteroatoms.